The summed E-state index contributed by atoms with van der Waals surface area (Å²) in [5, 5.41) is 11.5. The van der Waals surface area contributed by atoms with E-state index < -0.39 is 0 Å². The summed E-state index contributed by atoms with van der Waals surface area (Å²) in [6.07, 6.45) is 5.44. The van der Waals surface area contributed by atoms with Crippen molar-refractivity contribution in [2.24, 2.45) is 28.6 Å². The fourth-order valence-electron chi connectivity index (χ4n) is 3.29. The first-order valence-corrected chi connectivity index (χ1v) is 6.94. The molecule has 1 amide bonds. The largest absolute Gasteiger partial charge is 0.409 e. The van der Waals surface area contributed by atoms with Crippen molar-refractivity contribution < 1.29 is 10.0 Å². The van der Waals surface area contributed by atoms with Crippen LogP contribution in [0.5, 0.6) is 0 Å². The third-order valence-corrected chi connectivity index (χ3v) is 4.40. The van der Waals surface area contributed by atoms with E-state index >= 15 is 0 Å². The van der Waals surface area contributed by atoms with Crippen molar-refractivity contribution in [3.05, 3.63) is 0 Å². The SMILES string of the molecule is CCN(CCC(N)=NO)C(=O)C1C2CCCCC21. The Hall–Kier alpha value is -1.26. The van der Waals surface area contributed by atoms with Gasteiger partial charge in [0.15, 0.2) is 0 Å². The molecule has 5 heteroatoms. The number of amides is 1. The van der Waals surface area contributed by atoms with Crippen LogP contribution in [0.15, 0.2) is 5.16 Å². The number of nitrogens with two attached hydrogens (primary N) is 1. The first-order valence-electron chi connectivity index (χ1n) is 6.94. The van der Waals surface area contributed by atoms with Crippen LogP contribution >= 0.6 is 0 Å². The minimum atomic E-state index is 0.189. The Labute approximate surface area is 108 Å². The summed E-state index contributed by atoms with van der Waals surface area (Å²) in [5.41, 5.74) is 5.45. The molecule has 0 spiro atoms. The van der Waals surface area contributed by atoms with Gasteiger partial charge >= 0.3 is 0 Å². The number of oxime groups is 1. The number of hydrogen-bond donors (Lipinski definition) is 2. The second-order valence-electron chi connectivity index (χ2n) is 5.40. The molecule has 0 aromatic heterocycles. The fraction of sp³-hybridized carbons (Fsp3) is 0.846. The molecule has 2 unspecified atom stereocenters. The average molecular weight is 253 g/mol. The van der Waals surface area contributed by atoms with Crippen molar-refractivity contribution in [3.63, 3.8) is 0 Å². The molecule has 0 bridgehead atoms. The van der Waals surface area contributed by atoms with Gasteiger partial charge in [-0.25, -0.2) is 0 Å². The molecule has 2 fully saturated rings. The summed E-state index contributed by atoms with van der Waals surface area (Å²) in [6, 6.07) is 0. The number of carbonyl (C=O) groups excluding carboxylic acids is 1. The van der Waals surface area contributed by atoms with Crippen LogP contribution in [0.25, 0.3) is 0 Å². The predicted octanol–water partition coefficient (Wildman–Crippen LogP) is 1.41. The maximum Gasteiger partial charge on any atom is 0.226 e. The van der Waals surface area contributed by atoms with Crippen LogP contribution in [-0.4, -0.2) is 34.9 Å². The second-order valence-corrected chi connectivity index (χ2v) is 5.40. The summed E-state index contributed by atoms with van der Waals surface area (Å²) in [6.45, 7) is 3.24. The van der Waals surface area contributed by atoms with E-state index in [4.69, 9.17) is 10.9 Å². The molecule has 0 aliphatic heterocycles. The zero-order valence-electron chi connectivity index (χ0n) is 11.0. The quantitative estimate of drug-likeness (QED) is 0.336. The number of nitrogens with zero attached hydrogens (tertiary/aromatic N) is 2. The van der Waals surface area contributed by atoms with Crippen molar-refractivity contribution in [1.29, 1.82) is 0 Å². The molecule has 5 nitrogen and oxygen atoms in total. The van der Waals surface area contributed by atoms with Crippen LogP contribution < -0.4 is 5.73 Å². The van der Waals surface area contributed by atoms with E-state index in [1.165, 1.54) is 25.7 Å². The van der Waals surface area contributed by atoms with Gasteiger partial charge in [0.25, 0.3) is 0 Å². The van der Waals surface area contributed by atoms with Gasteiger partial charge in [-0.2, -0.15) is 0 Å². The summed E-state index contributed by atoms with van der Waals surface area (Å²) < 4.78 is 0. The highest BCUT2D eigenvalue weighted by molar-refractivity contribution is 5.84. The Balaban J connectivity index is 1.86. The summed E-state index contributed by atoms with van der Waals surface area (Å²) in [4.78, 5) is 14.2. The number of fused-ring (bicyclic) bond motifs is 1. The second kappa shape index (κ2) is 5.59. The molecular weight excluding hydrogens is 230 g/mol. The first-order chi connectivity index (χ1) is 8.69. The molecule has 2 saturated carbocycles. The summed E-state index contributed by atoms with van der Waals surface area (Å²) in [5.74, 6) is 2.02. The van der Waals surface area contributed by atoms with Gasteiger partial charge in [0.05, 0.1) is 0 Å². The highest BCUT2D eigenvalue weighted by Crippen LogP contribution is 2.56. The van der Waals surface area contributed by atoms with E-state index in [0.717, 1.165) is 0 Å². The number of rotatable bonds is 5. The highest BCUT2D eigenvalue weighted by Gasteiger charge is 2.55. The van der Waals surface area contributed by atoms with Gasteiger partial charge in [0.1, 0.15) is 5.84 Å². The lowest BCUT2D eigenvalue weighted by molar-refractivity contribution is -0.132. The average Bonchev–Trinajstić information content (AvgIpc) is 3.13. The zero-order valence-corrected chi connectivity index (χ0v) is 11.0. The maximum atomic E-state index is 12.4. The van der Waals surface area contributed by atoms with Crippen LogP contribution in [-0.2, 0) is 4.79 Å². The van der Waals surface area contributed by atoms with E-state index in [-0.39, 0.29) is 17.7 Å². The van der Waals surface area contributed by atoms with Crippen molar-refractivity contribution in [1.82, 2.24) is 4.90 Å². The van der Waals surface area contributed by atoms with Gasteiger partial charge < -0.3 is 15.8 Å². The van der Waals surface area contributed by atoms with E-state index in [1.807, 2.05) is 11.8 Å². The summed E-state index contributed by atoms with van der Waals surface area (Å²) in [7, 11) is 0. The first kappa shape index (κ1) is 13.2. The minimum Gasteiger partial charge on any atom is -0.409 e. The van der Waals surface area contributed by atoms with Gasteiger partial charge in [0.2, 0.25) is 5.91 Å². The van der Waals surface area contributed by atoms with E-state index in [0.29, 0.717) is 31.3 Å². The van der Waals surface area contributed by atoms with Crippen LogP contribution in [0, 0.1) is 17.8 Å². The van der Waals surface area contributed by atoms with Gasteiger partial charge in [-0.15, -0.1) is 0 Å². The van der Waals surface area contributed by atoms with Crippen LogP contribution in [0.3, 0.4) is 0 Å². The zero-order chi connectivity index (χ0) is 13.1. The van der Waals surface area contributed by atoms with Gasteiger partial charge in [-0.05, 0) is 31.6 Å². The Morgan fingerprint density at radius 1 is 1.39 bits per heavy atom. The molecule has 0 radical (unpaired) electrons. The summed E-state index contributed by atoms with van der Waals surface area (Å²) >= 11 is 0. The molecule has 0 aromatic carbocycles. The standard InChI is InChI=1S/C13H23N3O2/c1-2-16(8-7-11(14)15-18)13(17)12-9-5-3-4-6-10(9)12/h9-10,12,18H,2-8H2,1H3,(H2,14,15). The monoisotopic (exact) mass is 253 g/mol. The number of amidine groups is 1. The Morgan fingerprint density at radius 3 is 2.50 bits per heavy atom. The van der Waals surface area contributed by atoms with Crippen LogP contribution in [0.1, 0.15) is 39.0 Å². The smallest absolute Gasteiger partial charge is 0.226 e. The van der Waals surface area contributed by atoms with Crippen molar-refractivity contribution >= 4 is 11.7 Å². The minimum absolute atomic E-state index is 0.189. The molecule has 2 aliphatic carbocycles. The van der Waals surface area contributed by atoms with Gasteiger partial charge in [0, 0.05) is 25.4 Å². The predicted molar refractivity (Wildman–Crippen MR) is 69.2 cm³/mol. The van der Waals surface area contributed by atoms with Crippen molar-refractivity contribution in [2.75, 3.05) is 13.1 Å². The van der Waals surface area contributed by atoms with E-state index in [9.17, 15) is 4.79 Å². The molecular formula is C13H23N3O2. The maximum absolute atomic E-state index is 12.4. The van der Waals surface area contributed by atoms with Gasteiger partial charge in [-0.3, -0.25) is 4.79 Å². The van der Waals surface area contributed by atoms with Crippen molar-refractivity contribution in [2.45, 2.75) is 39.0 Å². The van der Waals surface area contributed by atoms with Crippen LogP contribution in [0.2, 0.25) is 0 Å². The molecule has 2 rings (SSSR count). The number of hydrogen-bond acceptors (Lipinski definition) is 3. The lowest BCUT2D eigenvalue weighted by Gasteiger charge is -2.20. The molecule has 2 aliphatic rings. The van der Waals surface area contributed by atoms with E-state index in [2.05, 4.69) is 5.16 Å². The molecule has 18 heavy (non-hydrogen) atoms. The lowest BCUT2D eigenvalue weighted by atomic mass is 10.0. The Bertz CT molecular complexity index is 331. The topological polar surface area (TPSA) is 78.9 Å². The third kappa shape index (κ3) is 2.60. The Kier molecular flexibility index (Phi) is 4.09. The van der Waals surface area contributed by atoms with Crippen LogP contribution in [0.4, 0.5) is 0 Å². The van der Waals surface area contributed by atoms with E-state index in [1.54, 1.807) is 0 Å². The molecule has 0 heterocycles. The highest BCUT2D eigenvalue weighted by atomic mass is 16.4. The molecule has 102 valence electrons. The molecule has 0 saturated heterocycles. The van der Waals surface area contributed by atoms with Gasteiger partial charge in [-0.1, -0.05) is 18.0 Å². The lowest BCUT2D eigenvalue weighted by Crippen LogP contribution is -2.35. The molecule has 0 aromatic rings. The fourth-order valence-corrected chi connectivity index (χ4v) is 3.29. The molecule has 3 N–H and O–H groups in total. The van der Waals surface area contributed by atoms with Crippen molar-refractivity contribution in [3.8, 4) is 0 Å². The Morgan fingerprint density at radius 2 is 2.00 bits per heavy atom. The normalized spacial score (nSPS) is 30.7. The molecule has 2 atom stereocenters. The third-order valence-electron chi connectivity index (χ3n) is 4.40. The number of carbonyl (C=O) groups is 1.